The van der Waals surface area contributed by atoms with Crippen LogP contribution in [0, 0.1) is 13.8 Å². The van der Waals surface area contributed by atoms with Crippen LogP contribution in [0.5, 0.6) is 0 Å². The molecule has 0 aliphatic carbocycles. The van der Waals surface area contributed by atoms with Crippen LogP contribution >= 0.6 is 0 Å². The van der Waals surface area contributed by atoms with E-state index in [2.05, 4.69) is 10.3 Å². The second-order valence-electron chi connectivity index (χ2n) is 5.70. The van der Waals surface area contributed by atoms with E-state index in [4.69, 9.17) is 4.74 Å². The normalized spacial score (nSPS) is 11.1. The molecule has 0 atom stereocenters. The topological polar surface area (TPSA) is 68.3 Å². The molecule has 1 aromatic carbocycles. The number of ketones is 1. The van der Waals surface area contributed by atoms with Gasteiger partial charge in [0.1, 0.15) is 5.57 Å². The maximum Gasteiger partial charge on any atom is 0.343 e. The van der Waals surface area contributed by atoms with Crippen LogP contribution in [-0.2, 0) is 14.3 Å². The first-order valence-electron chi connectivity index (χ1n) is 8.11. The number of nitrogens with zero attached hydrogens (tertiary/aromatic N) is 1. The van der Waals surface area contributed by atoms with Crippen molar-refractivity contribution in [3.05, 3.63) is 59.6 Å². The molecule has 0 radical (unpaired) electrons. The van der Waals surface area contributed by atoms with E-state index in [9.17, 15) is 9.59 Å². The van der Waals surface area contributed by atoms with Crippen LogP contribution in [0.3, 0.4) is 0 Å². The molecule has 0 unspecified atom stereocenters. The summed E-state index contributed by atoms with van der Waals surface area (Å²) in [6, 6.07) is 11.8. The highest BCUT2D eigenvalue weighted by Crippen LogP contribution is 2.24. The third-order valence-corrected chi connectivity index (χ3v) is 3.54. The summed E-state index contributed by atoms with van der Waals surface area (Å²) in [5.74, 6) is -0.971. The highest BCUT2D eigenvalue weighted by Gasteiger charge is 2.15. The number of aromatic nitrogens is 1. The van der Waals surface area contributed by atoms with Gasteiger partial charge in [-0.25, -0.2) is 4.79 Å². The van der Waals surface area contributed by atoms with Gasteiger partial charge >= 0.3 is 5.97 Å². The van der Waals surface area contributed by atoms with Gasteiger partial charge in [0.2, 0.25) is 0 Å². The Kier molecular flexibility index (Phi) is 6.06. The molecule has 0 saturated carbocycles. The van der Waals surface area contributed by atoms with Crippen LogP contribution in [0.1, 0.15) is 25.2 Å². The van der Waals surface area contributed by atoms with Gasteiger partial charge in [-0.1, -0.05) is 12.1 Å². The molecule has 1 aromatic heterocycles. The van der Waals surface area contributed by atoms with E-state index >= 15 is 0 Å². The second-order valence-corrected chi connectivity index (χ2v) is 5.70. The van der Waals surface area contributed by atoms with Crippen molar-refractivity contribution in [3.63, 3.8) is 0 Å². The molecule has 5 heteroatoms. The van der Waals surface area contributed by atoms with Crippen LogP contribution in [-0.4, -0.2) is 23.3 Å². The fourth-order valence-electron chi connectivity index (χ4n) is 2.46. The Hall–Kier alpha value is -2.95. The minimum absolute atomic E-state index is 0.0112. The van der Waals surface area contributed by atoms with Gasteiger partial charge in [0.25, 0.3) is 0 Å². The Morgan fingerprint density at radius 1 is 1.12 bits per heavy atom. The summed E-state index contributed by atoms with van der Waals surface area (Å²) in [7, 11) is 0. The van der Waals surface area contributed by atoms with Gasteiger partial charge in [0, 0.05) is 23.3 Å². The zero-order valence-corrected chi connectivity index (χ0v) is 14.9. The Balaban J connectivity index is 2.28. The summed E-state index contributed by atoms with van der Waals surface area (Å²) in [6.07, 6.45) is 1.39. The maximum absolute atomic E-state index is 11.8. The molecule has 0 bridgehead atoms. The SMILES string of the molecule is CCOC(=O)C(=CNc1cccc(-c2cc(C)nc(C)c2)c1)C(C)=O. The third kappa shape index (κ3) is 5.01. The van der Waals surface area contributed by atoms with Gasteiger partial charge in [-0.3, -0.25) is 9.78 Å². The molecule has 130 valence electrons. The zero-order chi connectivity index (χ0) is 18.4. The van der Waals surface area contributed by atoms with Crippen LogP contribution < -0.4 is 5.32 Å². The number of aryl methyl sites for hydroxylation is 2. The lowest BCUT2D eigenvalue weighted by Gasteiger charge is -2.09. The molecular weight excluding hydrogens is 316 g/mol. The Labute approximate surface area is 147 Å². The number of anilines is 1. The summed E-state index contributed by atoms with van der Waals surface area (Å²) in [5.41, 5.74) is 4.75. The van der Waals surface area contributed by atoms with E-state index in [0.29, 0.717) is 0 Å². The maximum atomic E-state index is 11.8. The average molecular weight is 338 g/mol. The molecule has 0 aliphatic heterocycles. The highest BCUT2D eigenvalue weighted by molar-refractivity contribution is 6.16. The number of nitrogens with one attached hydrogen (secondary N) is 1. The van der Waals surface area contributed by atoms with E-state index in [0.717, 1.165) is 28.2 Å². The predicted molar refractivity (Wildman–Crippen MR) is 98.2 cm³/mol. The number of carbonyl (C=O) groups is 2. The second kappa shape index (κ2) is 8.24. The van der Waals surface area contributed by atoms with Gasteiger partial charge in [0.05, 0.1) is 6.61 Å². The fourth-order valence-corrected chi connectivity index (χ4v) is 2.46. The zero-order valence-electron chi connectivity index (χ0n) is 14.9. The molecule has 0 amide bonds. The summed E-state index contributed by atoms with van der Waals surface area (Å²) >= 11 is 0. The molecule has 0 fully saturated rings. The van der Waals surface area contributed by atoms with Crippen LogP contribution in [0.4, 0.5) is 5.69 Å². The molecule has 5 nitrogen and oxygen atoms in total. The number of hydrogen-bond acceptors (Lipinski definition) is 5. The fraction of sp³-hybridized carbons (Fsp3) is 0.250. The number of ether oxygens (including phenoxy) is 1. The van der Waals surface area contributed by atoms with E-state index in [1.165, 1.54) is 13.1 Å². The van der Waals surface area contributed by atoms with Crippen molar-refractivity contribution in [3.8, 4) is 11.1 Å². The van der Waals surface area contributed by atoms with E-state index in [-0.39, 0.29) is 18.0 Å². The lowest BCUT2D eigenvalue weighted by molar-refractivity contribution is -0.139. The molecule has 0 spiro atoms. The largest absolute Gasteiger partial charge is 0.462 e. The van der Waals surface area contributed by atoms with Gasteiger partial charge < -0.3 is 10.1 Å². The molecular formula is C20H22N2O3. The number of esters is 1. The number of pyridine rings is 1. The number of Topliss-reactive ketones (excluding diaryl/α,β-unsaturated/α-hetero) is 1. The molecule has 25 heavy (non-hydrogen) atoms. The monoisotopic (exact) mass is 338 g/mol. The molecule has 1 heterocycles. The molecule has 1 N–H and O–H groups in total. The molecule has 2 aromatic rings. The summed E-state index contributed by atoms with van der Waals surface area (Å²) in [5, 5.41) is 3.01. The number of benzene rings is 1. The minimum Gasteiger partial charge on any atom is -0.462 e. The standard InChI is InChI=1S/C20H22N2O3/c1-5-25-20(24)19(15(4)23)12-21-18-8-6-7-16(11-18)17-9-13(2)22-14(3)10-17/h6-12,21H,5H2,1-4H3. The lowest BCUT2D eigenvalue weighted by atomic mass is 10.0. The molecule has 0 saturated heterocycles. The number of hydrogen-bond donors (Lipinski definition) is 1. The summed E-state index contributed by atoms with van der Waals surface area (Å²) in [6.45, 7) is 7.17. The Morgan fingerprint density at radius 3 is 2.40 bits per heavy atom. The first kappa shape index (κ1) is 18.4. The van der Waals surface area contributed by atoms with Crippen molar-refractivity contribution >= 4 is 17.4 Å². The molecule has 2 rings (SSSR count). The van der Waals surface area contributed by atoms with Gasteiger partial charge in [-0.05, 0) is 63.1 Å². The van der Waals surface area contributed by atoms with Crippen molar-refractivity contribution in [2.24, 2.45) is 0 Å². The number of carbonyl (C=O) groups excluding carboxylic acids is 2. The van der Waals surface area contributed by atoms with Crippen LogP contribution in [0.15, 0.2) is 48.2 Å². The van der Waals surface area contributed by atoms with E-state index in [1.54, 1.807) is 6.92 Å². The first-order chi connectivity index (χ1) is 11.9. The van der Waals surface area contributed by atoms with Crippen molar-refractivity contribution < 1.29 is 14.3 Å². The minimum atomic E-state index is -0.626. The predicted octanol–water partition coefficient (Wildman–Crippen LogP) is 3.81. The van der Waals surface area contributed by atoms with Crippen molar-refractivity contribution in [2.75, 3.05) is 11.9 Å². The van der Waals surface area contributed by atoms with Gasteiger partial charge in [-0.2, -0.15) is 0 Å². The van der Waals surface area contributed by atoms with Gasteiger partial charge in [-0.15, -0.1) is 0 Å². The van der Waals surface area contributed by atoms with Crippen LogP contribution in [0.25, 0.3) is 11.1 Å². The Morgan fingerprint density at radius 2 is 1.80 bits per heavy atom. The lowest BCUT2D eigenvalue weighted by Crippen LogP contribution is -2.15. The Bertz CT molecular complexity index is 805. The van der Waals surface area contributed by atoms with Crippen molar-refractivity contribution in [1.82, 2.24) is 4.98 Å². The average Bonchev–Trinajstić information content (AvgIpc) is 2.54. The highest BCUT2D eigenvalue weighted by atomic mass is 16.5. The molecule has 0 aliphatic rings. The number of rotatable bonds is 6. The first-order valence-corrected chi connectivity index (χ1v) is 8.11. The van der Waals surface area contributed by atoms with Crippen LogP contribution in [0.2, 0.25) is 0 Å². The quantitative estimate of drug-likeness (QED) is 0.375. The summed E-state index contributed by atoms with van der Waals surface area (Å²) in [4.78, 5) is 27.8. The third-order valence-electron chi connectivity index (χ3n) is 3.54. The van der Waals surface area contributed by atoms with Crippen molar-refractivity contribution in [1.29, 1.82) is 0 Å². The smallest absolute Gasteiger partial charge is 0.343 e. The van der Waals surface area contributed by atoms with E-state index in [1.807, 2.05) is 50.2 Å². The summed E-state index contributed by atoms with van der Waals surface area (Å²) < 4.78 is 4.90. The van der Waals surface area contributed by atoms with E-state index < -0.39 is 5.97 Å². The van der Waals surface area contributed by atoms with Gasteiger partial charge in [0.15, 0.2) is 5.78 Å². The van der Waals surface area contributed by atoms with Crippen molar-refractivity contribution in [2.45, 2.75) is 27.7 Å².